The van der Waals surface area contributed by atoms with E-state index in [2.05, 4.69) is 46.5 Å². The number of thiol groups is 1. The highest BCUT2D eigenvalue weighted by Gasteiger charge is 2.52. The zero-order valence-electron chi connectivity index (χ0n) is 15.4. The number of carbonyl (C=O) groups excluding carboxylic acids is 1. The smallest absolute Gasteiger partial charge is 0.412 e. The molecule has 0 unspecified atom stereocenters. The molecule has 1 aliphatic rings. The van der Waals surface area contributed by atoms with Crippen LogP contribution in [0.4, 0.5) is 4.79 Å². The minimum Gasteiger partial charge on any atom is -0.444 e. The van der Waals surface area contributed by atoms with Gasteiger partial charge in [0.2, 0.25) is 0 Å². The molecule has 1 rings (SSSR count). The molecule has 0 bridgehead atoms. The van der Waals surface area contributed by atoms with Crippen molar-refractivity contribution < 1.29 is 14.0 Å². The molecule has 1 aliphatic heterocycles. The molecule has 130 valence electrons. The van der Waals surface area contributed by atoms with E-state index in [1.54, 1.807) is 4.90 Å². The van der Waals surface area contributed by atoms with Crippen LogP contribution in [0.2, 0.25) is 13.1 Å². The van der Waals surface area contributed by atoms with Crippen LogP contribution in [0.3, 0.4) is 0 Å². The van der Waals surface area contributed by atoms with Gasteiger partial charge in [-0.1, -0.05) is 20.8 Å². The minimum atomic E-state index is -1.32. The van der Waals surface area contributed by atoms with Crippen molar-refractivity contribution in [3.05, 3.63) is 0 Å². The van der Waals surface area contributed by atoms with Gasteiger partial charge in [0, 0.05) is 18.7 Å². The Labute approximate surface area is 143 Å². The summed E-state index contributed by atoms with van der Waals surface area (Å²) in [6.45, 7) is 17.2. The predicted octanol–water partition coefficient (Wildman–Crippen LogP) is 3.92. The summed E-state index contributed by atoms with van der Waals surface area (Å²) >= 11 is 4.53. The zero-order valence-corrected chi connectivity index (χ0v) is 17.4. The molecule has 0 aromatic rings. The highest BCUT2D eigenvalue weighted by Crippen LogP contribution is 2.44. The van der Waals surface area contributed by atoms with Gasteiger partial charge in [-0.3, -0.25) is 4.90 Å². The number of hydrogen-bond donors (Lipinski definition) is 1. The normalized spacial score (nSPS) is 26.6. The van der Waals surface area contributed by atoms with Gasteiger partial charge in [0.1, 0.15) is 11.3 Å². The number of carbonyl (C=O) groups is 1. The maximum atomic E-state index is 12.7. The van der Waals surface area contributed by atoms with Crippen molar-refractivity contribution in [1.82, 2.24) is 4.90 Å². The van der Waals surface area contributed by atoms with Gasteiger partial charge >= 0.3 is 6.09 Å². The van der Waals surface area contributed by atoms with Crippen molar-refractivity contribution >= 4 is 27.8 Å². The second kappa shape index (κ2) is 6.73. The van der Waals surface area contributed by atoms with Crippen LogP contribution in [-0.4, -0.2) is 43.7 Å². The molecule has 4 nitrogen and oxygen atoms in total. The van der Waals surface area contributed by atoms with E-state index in [0.717, 1.165) is 6.42 Å². The molecular weight excluding hydrogens is 314 g/mol. The number of rotatable bonds is 3. The third kappa shape index (κ3) is 4.90. The van der Waals surface area contributed by atoms with Crippen LogP contribution >= 0.6 is 12.6 Å². The summed E-state index contributed by atoms with van der Waals surface area (Å²) in [5, 5.41) is 0. The van der Waals surface area contributed by atoms with Gasteiger partial charge in [0.15, 0.2) is 9.04 Å². The van der Waals surface area contributed by atoms with Crippen molar-refractivity contribution in [2.75, 3.05) is 12.3 Å². The average molecular weight is 348 g/mol. The fraction of sp³-hybridized carbons (Fsp3) is 0.938. The zero-order chi connectivity index (χ0) is 17.3. The number of likely N-dealkylation sites (tertiary alicyclic amines) is 1. The topological polar surface area (TPSA) is 38.8 Å². The van der Waals surface area contributed by atoms with E-state index in [4.69, 9.17) is 9.16 Å². The second-order valence-corrected chi connectivity index (χ2v) is 11.3. The van der Waals surface area contributed by atoms with Crippen molar-refractivity contribution in [2.24, 2.45) is 11.3 Å². The van der Waals surface area contributed by atoms with Crippen molar-refractivity contribution in [3.63, 3.8) is 0 Å². The standard InChI is InChI=1S/C16H33NO3SSi/c1-14(2,3)12-9-16(11-21,20-22(7)8)17(10-12)13(18)19-15(4,5)6/h12,21-22H,9-11H2,1-8H3/t12-,16-/m0/s1. The third-order valence-electron chi connectivity index (χ3n) is 4.00. The fourth-order valence-electron chi connectivity index (χ4n) is 2.82. The Morgan fingerprint density at radius 3 is 2.18 bits per heavy atom. The summed E-state index contributed by atoms with van der Waals surface area (Å²) in [5.74, 6) is 0.879. The number of nitrogens with zero attached hydrogens (tertiary/aromatic N) is 1. The largest absolute Gasteiger partial charge is 0.444 e. The second-order valence-electron chi connectivity index (χ2n) is 8.63. The average Bonchev–Trinajstić information content (AvgIpc) is 2.65. The maximum absolute atomic E-state index is 12.7. The molecule has 2 atom stereocenters. The lowest BCUT2D eigenvalue weighted by atomic mass is 9.79. The molecule has 0 aromatic heterocycles. The van der Waals surface area contributed by atoms with Gasteiger partial charge in [-0.2, -0.15) is 12.6 Å². The van der Waals surface area contributed by atoms with Gasteiger partial charge in [-0.05, 0) is 45.2 Å². The first-order valence-electron chi connectivity index (χ1n) is 8.10. The summed E-state index contributed by atoms with van der Waals surface area (Å²) in [7, 11) is -1.32. The molecule has 1 heterocycles. The Hall–Kier alpha value is -0.203. The Kier molecular flexibility index (Phi) is 6.07. The van der Waals surface area contributed by atoms with Crippen LogP contribution in [0.5, 0.6) is 0 Å². The Bertz CT molecular complexity index is 403. The molecule has 0 N–H and O–H groups in total. The van der Waals surface area contributed by atoms with Crippen LogP contribution in [0.25, 0.3) is 0 Å². The van der Waals surface area contributed by atoms with Crippen LogP contribution in [0.15, 0.2) is 0 Å². The molecule has 1 amide bonds. The molecule has 0 aromatic carbocycles. The lowest BCUT2D eigenvalue weighted by Crippen LogP contribution is -2.53. The molecule has 0 radical (unpaired) electrons. The Balaban J connectivity index is 3.09. The van der Waals surface area contributed by atoms with Crippen molar-refractivity contribution in [1.29, 1.82) is 0 Å². The van der Waals surface area contributed by atoms with Crippen LogP contribution in [0.1, 0.15) is 48.0 Å². The SMILES string of the molecule is C[SiH](C)O[C@]1(CS)C[C@H](C(C)(C)C)CN1C(=O)OC(C)(C)C. The number of ether oxygens (including phenoxy) is 1. The summed E-state index contributed by atoms with van der Waals surface area (Å²) in [4.78, 5) is 14.5. The molecule has 1 saturated heterocycles. The molecule has 1 fully saturated rings. The van der Waals surface area contributed by atoms with Crippen molar-refractivity contribution in [3.8, 4) is 0 Å². The lowest BCUT2D eigenvalue weighted by Gasteiger charge is -2.39. The highest BCUT2D eigenvalue weighted by molar-refractivity contribution is 7.80. The monoisotopic (exact) mass is 347 g/mol. The van der Waals surface area contributed by atoms with Gasteiger partial charge in [0.25, 0.3) is 0 Å². The van der Waals surface area contributed by atoms with E-state index < -0.39 is 20.4 Å². The van der Waals surface area contributed by atoms with E-state index in [1.165, 1.54) is 0 Å². The fourth-order valence-corrected chi connectivity index (χ4v) is 4.52. The third-order valence-corrected chi connectivity index (χ3v) is 5.41. The summed E-state index contributed by atoms with van der Waals surface area (Å²) < 4.78 is 11.9. The van der Waals surface area contributed by atoms with Gasteiger partial charge in [-0.15, -0.1) is 0 Å². The van der Waals surface area contributed by atoms with E-state index in [9.17, 15) is 4.79 Å². The van der Waals surface area contributed by atoms with Crippen LogP contribution in [0, 0.1) is 11.3 Å². The molecule has 0 spiro atoms. The minimum absolute atomic E-state index is 0.118. The first-order valence-corrected chi connectivity index (χ1v) is 11.5. The Morgan fingerprint density at radius 2 is 1.82 bits per heavy atom. The summed E-state index contributed by atoms with van der Waals surface area (Å²) in [5.41, 5.74) is -1.01. The van der Waals surface area contributed by atoms with Crippen molar-refractivity contribution in [2.45, 2.75) is 72.4 Å². The summed E-state index contributed by atoms with van der Waals surface area (Å²) in [6.07, 6.45) is 0.535. The lowest BCUT2D eigenvalue weighted by molar-refractivity contribution is -0.0532. The van der Waals surface area contributed by atoms with E-state index in [-0.39, 0.29) is 11.5 Å². The van der Waals surface area contributed by atoms with Gasteiger partial charge in [0.05, 0.1) is 0 Å². The van der Waals surface area contributed by atoms with E-state index in [0.29, 0.717) is 18.2 Å². The highest BCUT2D eigenvalue weighted by atomic mass is 32.1. The van der Waals surface area contributed by atoms with E-state index >= 15 is 0 Å². The molecule has 6 heteroatoms. The predicted molar refractivity (Wildman–Crippen MR) is 97.0 cm³/mol. The number of hydrogen-bond acceptors (Lipinski definition) is 4. The number of amides is 1. The summed E-state index contributed by atoms with van der Waals surface area (Å²) in [6, 6.07) is 0. The quantitative estimate of drug-likeness (QED) is 0.621. The first-order chi connectivity index (χ1) is 9.81. The molecule has 22 heavy (non-hydrogen) atoms. The van der Waals surface area contributed by atoms with Gasteiger partial charge in [-0.25, -0.2) is 4.79 Å². The van der Waals surface area contributed by atoms with Crippen LogP contribution < -0.4 is 0 Å². The first kappa shape index (κ1) is 19.8. The molecule has 0 aliphatic carbocycles. The molecular formula is C16H33NO3SSi. The molecule has 0 saturated carbocycles. The van der Waals surface area contributed by atoms with Gasteiger partial charge < -0.3 is 9.16 Å². The van der Waals surface area contributed by atoms with Crippen LogP contribution in [-0.2, 0) is 9.16 Å². The Morgan fingerprint density at radius 1 is 1.27 bits per heavy atom. The maximum Gasteiger partial charge on any atom is 0.412 e. The van der Waals surface area contributed by atoms with E-state index in [1.807, 2.05) is 20.8 Å².